The largest absolute Gasteiger partial charge is 0.507 e. The third kappa shape index (κ3) is 2.12. The van der Waals surface area contributed by atoms with E-state index in [-0.39, 0.29) is 22.8 Å². The monoisotopic (exact) mass is 308 g/mol. The second-order valence-corrected chi connectivity index (χ2v) is 5.71. The molecule has 3 rings (SSSR count). The van der Waals surface area contributed by atoms with Crippen LogP contribution in [0.1, 0.15) is 25.3 Å². The van der Waals surface area contributed by atoms with Crippen LogP contribution in [0.25, 0.3) is 11.1 Å². The normalized spacial score (nSPS) is 14.2. The first kappa shape index (κ1) is 14.1. The Morgan fingerprint density at radius 1 is 1.14 bits per heavy atom. The Morgan fingerprint density at radius 3 is 2.43 bits per heavy atom. The lowest BCUT2D eigenvalue weighted by Crippen LogP contribution is -2.27. The summed E-state index contributed by atoms with van der Waals surface area (Å²) >= 11 is 5.96. The van der Waals surface area contributed by atoms with Gasteiger partial charge in [-0.05, 0) is 37.0 Å². The first-order chi connectivity index (χ1) is 10.0. The van der Waals surface area contributed by atoms with Crippen LogP contribution in [0, 0.1) is 0 Å². The van der Waals surface area contributed by atoms with Crippen molar-refractivity contribution >= 4 is 11.6 Å². The van der Waals surface area contributed by atoms with E-state index in [1.807, 2.05) is 6.92 Å². The summed E-state index contributed by atoms with van der Waals surface area (Å²) in [6.45, 7) is 3.11. The molecule has 0 atom stereocenters. The van der Waals surface area contributed by atoms with E-state index in [1.54, 1.807) is 15.4 Å². The average molecular weight is 309 g/mol. The van der Waals surface area contributed by atoms with Crippen LogP contribution in [-0.4, -0.2) is 19.6 Å². The van der Waals surface area contributed by atoms with Crippen molar-refractivity contribution in [1.29, 1.82) is 0 Å². The first-order valence-electron chi connectivity index (χ1n) is 7.09. The molecule has 1 aliphatic rings. The van der Waals surface area contributed by atoms with Crippen molar-refractivity contribution in [2.75, 3.05) is 0 Å². The Morgan fingerprint density at radius 2 is 1.81 bits per heavy atom. The molecule has 2 N–H and O–H groups in total. The second-order valence-electron chi connectivity index (χ2n) is 5.27. The van der Waals surface area contributed by atoms with Gasteiger partial charge in [0.25, 0.3) is 5.56 Å². The molecular weight excluding hydrogens is 292 g/mol. The molecule has 1 aliphatic heterocycles. The Balaban J connectivity index is 2.32. The molecular formula is C15H17ClN2O3. The average Bonchev–Trinajstić information content (AvgIpc) is 2.71. The SMILES string of the molecule is CCc1cc(Cl)cc(O)c1-c1c(O)n2n(c1=O)CCCC2. The highest BCUT2D eigenvalue weighted by Gasteiger charge is 2.26. The van der Waals surface area contributed by atoms with Gasteiger partial charge in [0.1, 0.15) is 11.3 Å². The van der Waals surface area contributed by atoms with Crippen molar-refractivity contribution in [3.63, 3.8) is 0 Å². The molecule has 0 bridgehead atoms. The fraction of sp³-hybridized carbons (Fsp3) is 0.400. The second kappa shape index (κ2) is 5.15. The lowest BCUT2D eigenvalue weighted by molar-refractivity contribution is 0.305. The van der Waals surface area contributed by atoms with Gasteiger partial charge in [-0.3, -0.25) is 9.48 Å². The highest BCUT2D eigenvalue weighted by molar-refractivity contribution is 6.31. The highest BCUT2D eigenvalue weighted by Crippen LogP contribution is 2.39. The van der Waals surface area contributed by atoms with E-state index in [0.29, 0.717) is 30.1 Å². The summed E-state index contributed by atoms with van der Waals surface area (Å²) in [6.07, 6.45) is 2.44. The topological polar surface area (TPSA) is 67.4 Å². The number of benzene rings is 1. The lowest BCUT2D eigenvalue weighted by atomic mass is 9.99. The third-order valence-corrected chi connectivity index (χ3v) is 4.21. The van der Waals surface area contributed by atoms with Crippen molar-refractivity contribution < 1.29 is 10.2 Å². The van der Waals surface area contributed by atoms with E-state index in [4.69, 9.17) is 11.6 Å². The van der Waals surface area contributed by atoms with E-state index >= 15 is 0 Å². The number of hydrogen-bond donors (Lipinski definition) is 2. The molecule has 0 fully saturated rings. The van der Waals surface area contributed by atoms with E-state index < -0.39 is 0 Å². The minimum atomic E-state index is -0.264. The summed E-state index contributed by atoms with van der Waals surface area (Å²) in [6, 6.07) is 3.12. The van der Waals surface area contributed by atoms with Gasteiger partial charge in [0.15, 0.2) is 0 Å². The summed E-state index contributed by atoms with van der Waals surface area (Å²) in [7, 11) is 0. The number of phenolic OH excluding ortho intramolecular Hbond substituents is 1. The third-order valence-electron chi connectivity index (χ3n) is 3.99. The van der Waals surface area contributed by atoms with Crippen LogP contribution in [0.15, 0.2) is 16.9 Å². The molecule has 0 aliphatic carbocycles. The van der Waals surface area contributed by atoms with Crippen molar-refractivity contribution in [2.24, 2.45) is 0 Å². The van der Waals surface area contributed by atoms with Crippen LogP contribution in [-0.2, 0) is 19.5 Å². The maximum absolute atomic E-state index is 12.6. The first-order valence-corrected chi connectivity index (χ1v) is 7.46. The molecule has 0 amide bonds. The quantitative estimate of drug-likeness (QED) is 0.896. The maximum atomic E-state index is 12.6. The summed E-state index contributed by atoms with van der Waals surface area (Å²) in [5.74, 6) is -0.151. The van der Waals surface area contributed by atoms with Gasteiger partial charge in [-0.1, -0.05) is 18.5 Å². The van der Waals surface area contributed by atoms with Gasteiger partial charge in [0.2, 0.25) is 5.88 Å². The number of rotatable bonds is 2. The zero-order valence-electron chi connectivity index (χ0n) is 11.8. The minimum absolute atomic E-state index is 0.0738. The number of aromatic hydroxyl groups is 2. The maximum Gasteiger partial charge on any atom is 0.278 e. The fourth-order valence-electron chi connectivity index (χ4n) is 2.98. The molecule has 1 aromatic heterocycles. The van der Waals surface area contributed by atoms with E-state index in [0.717, 1.165) is 18.4 Å². The Bertz CT molecular complexity index is 761. The van der Waals surface area contributed by atoms with Gasteiger partial charge in [-0.15, -0.1) is 0 Å². The van der Waals surface area contributed by atoms with Crippen molar-refractivity contribution in [3.05, 3.63) is 33.1 Å². The Kier molecular flexibility index (Phi) is 3.45. The zero-order chi connectivity index (χ0) is 15.1. The number of aryl methyl sites for hydroxylation is 1. The summed E-state index contributed by atoms with van der Waals surface area (Å²) in [5, 5.41) is 21.0. The van der Waals surface area contributed by atoms with Gasteiger partial charge in [-0.25, -0.2) is 4.68 Å². The molecule has 6 heteroatoms. The molecule has 0 saturated heterocycles. The number of phenols is 1. The zero-order valence-corrected chi connectivity index (χ0v) is 12.5. The summed E-state index contributed by atoms with van der Waals surface area (Å²) in [5.41, 5.74) is 1.04. The molecule has 0 radical (unpaired) electrons. The fourth-order valence-corrected chi connectivity index (χ4v) is 3.22. The molecule has 1 aromatic carbocycles. The van der Waals surface area contributed by atoms with Crippen LogP contribution in [0.3, 0.4) is 0 Å². The molecule has 21 heavy (non-hydrogen) atoms. The van der Waals surface area contributed by atoms with Gasteiger partial charge in [0, 0.05) is 23.7 Å². The molecule has 5 nitrogen and oxygen atoms in total. The van der Waals surface area contributed by atoms with Crippen LogP contribution in [0.2, 0.25) is 5.02 Å². The molecule has 0 unspecified atom stereocenters. The number of aromatic nitrogens is 2. The predicted octanol–water partition coefficient (Wildman–Crippen LogP) is 2.74. The number of halogens is 1. The molecule has 2 aromatic rings. The predicted molar refractivity (Wildman–Crippen MR) is 81.1 cm³/mol. The van der Waals surface area contributed by atoms with Gasteiger partial charge in [0.05, 0.1) is 0 Å². The van der Waals surface area contributed by atoms with Crippen LogP contribution >= 0.6 is 11.6 Å². The molecule has 112 valence electrons. The van der Waals surface area contributed by atoms with Crippen LogP contribution < -0.4 is 5.56 Å². The van der Waals surface area contributed by atoms with Gasteiger partial charge >= 0.3 is 0 Å². The van der Waals surface area contributed by atoms with Gasteiger partial charge < -0.3 is 10.2 Å². The summed E-state index contributed by atoms with van der Waals surface area (Å²) in [4.78, 5) is 12.6. The highest BCUT2D eigenvalue weighted by atomic mass is 35.5. The number of fused-ring (bicyclic) bond motifs is 1. The van der Waals surface area contributed by atoms with E-state index in [1.165, 1.54) is 6.07 Å². The molecule has 0 saturated carbocycles. The van der Waals surface area contributed by atoms with Gasteiger partial charge in [-0.2, -0.15) is 0 Å². The standard InChI is InChI=1S/C15H17ClN2O3/c1-2-9-7-10(16)8-11(19)12(9)13-14(20)17-5-3-4-6-18(17)15(13)21/h7-8,19-20H,2-6H2,1H3. The van der Waals surface area contributed by atoms with Crippen molar-refractivity contribution in [3.8, 4) is 22.8 Å². The summed E-state index contributed by atoms with van der Waals surface area (Å²) < 4.78 is 3.14. The van der Waals surface area contributed by atoms with Crippen molar-refractivity contribution in [1.82, 2.24) is 9.36 Å². The minimum Gasteiger partial charge on any atom is -0.507 e. The number of nitrogens with zero attached hydrogens (tertiary/aromatic N) is 2. The van der Waals surface area contributed by atoms with E-state index in [2.05, 4.69) is 0 Å². The Hall–Kier alpha value is -1.88. The van der Waals surface area contributed by atoms with E-state index in [9.17, 15) is 15.0 Å². The lowest BCUT2D eigenvalue weighted by Gasteiger charge is -2.16. The molecule has 0 spiro atoms. The van der Waals surface area contributed by atoms with Crippen LogP contribution in [0.5, 0.6) is 11.6 Å². The van der Waals surface area contributed by atoms with Crippen LogP contribution in [0.4, 0.5) is 0 Å². The van der Waals surface area contributed by atoms with Crippen molar-refractivity contribution in [2.45, 2.75) is 39.3 Å². The Labute approximate surface area is 127 Å². The smallest absolute Gasteiger partial charge is 0.278 e. The molecule has 2 heterocycles. The number of hydrogen-bond acceptors (Lipinski definition) is 3.